The van der Waals surface area contributed by atoms with Gasteiger partial charge in [-0.2, -0.15) is 4.98 Å². The van der Waals surface area contributed by atoms with Crippen molar-refractivity contribution in [3.8, 4) is 22.8 Å². The summed E-state index contributed by atoms with van der Waals surface area (Å²) in [5.74, 6) is 1.59. The van der Waals surface area contributed by atoms with Crippen LogP contribution in [0, 0.1) is 12.8 Å². The van der Waals surface area contributed by atoms with Gasteiger partial charge in [-0.3, -0.25) is 9.88 Å². The van der Waals surface area contributed by atoms with E-state index in [2.05, 4.69) is 52.9 Å². The van der Waals surface area contributed by atoms with Gasteiger partial charge in [0.05, 0.1) is 5.69 Å². The van der Waals surface area contributed by atoms with Crippen LogP contribution in [0.15, 0.2) is 41.1 Å². The molecule has 0 bridgehead atoms. The number of ether oxygens (including phenoxy) is 1. The largest absolute Gasteiger partial charge is 0.506 e. The molecule has 1 aromatic carbocycles. The third kappa shape index (κ3) is 5.08. The minimum atomic E-state index is -1.23. The fourth-order valence-electron chi connectivity index (χ4n) is 3.70. The first kappa shape index (κ1) is 21.0. The first-order valence-corrected chi connectivity index (χ1v) is 10.4. The average molecular weight is 422 g/mol. The number of hydrogen-bond donors (Lipinski definition) is 1. The van der Waals surface area contributed by atoms with Gasteiger partial charge in [-0.05, 0) is 54.7 Å². The Morgan fingerprint density at radius 2 is 2.03 bits per heavy atom. The molecule has 3 heterocycles. The second-order valence-electron chi connectivity index (χ2n) is 8.40. The molecule has 8 nitrogen and oxygen atoms in total. The van der Waals surface area contributed by atoms with Crippen LogP contribution in [0.25, 0.3) is 22.8 Å². The van der Waals surface area contributed by atoms with Gasteiger partial charge in [0.2, 0.25) is 5.82 Å². The summed E-state index contributed by atoms with van der Waals surface area (Å²) >= 11 is 0. The Hall–Kier alpha value is -3.26. The second kappa shape index (κ2) is 8.85. The van der Waals surface area contributed by atoms with Crippen LogP contribution in [0.1, 0.15) is 30.7 Å². The molecule has 3 aromatic rings. The highest BCUT2D eigenvalue weighted by molar-refractivity contribution is 5.60. The number of aromatic nitrogens is 3. The minimum absolute atomic E-state index is 0.252. The van der Waals surface area contributed by atoms with Crippen molar-refractivity contribution in [3.05, 3.63) is 53.3 Å². The number of aryl methyl sites for hydroxylation is 1. The summed E-state index contributed by atoms with van der Waals surface area (Å²) in [5.41, 5.74) is 5.13. The van der Waals surface area contributed by atoms with E-state index in [9.17, 15) is 4.79 Å². The van der Waals surface area contributed by atoms with Crippen molar-refractivity contribution in [3.63, 3.8) is 0 Å². The molecule has 0 aliphatic carbocycles. The van der Waals surface area contributed by atoms with E-state index >= 15 is 0 Å². The van der Waals surface area contributed by atoms with E-state index in [1.165, 1.54) is 11.1 Å². The normalized spacial score (nSPS) is 14.6. The lowest BCUT2D eigenvalue weighted by Gasteiger charge is -2.37. The molecule has 0 saturated carbocycles. The predicted molar refractivity (Wildman–Crippen MR) is 114 cm³/mol. The van der Waals surface area contributed by atoms with E-state index in [-0.39, 0.29) is 6.10 Å². The van der Waals surface area contributed by atoms with Crippen LogP contribution >= 0.6 is 0 Å². The number of pyridine rings is 1. The molecule has 1 aliphatic heterocycles. The molecule has 1 fully saturated rings. The standard InChI is InChI=1S/C23H26N4O4/c1-14(2)8-16-4-5-17(9-15(16)3)22-25-21(26-31-22)18-6-7-19(24-10-18)11-27-12-20(13-27)30-23(28)29/h4-7,9-10,14,20H,8,11-13H2,1-3H3,(H,28,29). The summed E-state index contributed by atoms with van der Waals surface area (Å²) in [6, 6.07) is 10.1. The average Bonchev–Trinajstić information content (AvgIpc) is 3.18. The number of nitrogens with zero attached hydrogens (tertiary/aromatic N) is 4. The van der Waals surface area contributed by atoms with E-state index in [0.29, 0.717) is 37.3 Å². The quantitative estimate of drug-likeness (QED) is 0.566. The Morgan fingerprint density at radius 3 is 2.68 bits per heavy atom. The van der Waals surface area contributed by atoms with Gasteiger partial charge in [0.1, 0.15) is 6.10 Å². The highest BCUT2D eigenvalue weighted by Gasteiger charge is 2.30. The van der Waals surface area contributed by atoms with Gasteiger partial charge in [0.15, 0.2) is 0 Å². The molecule has 0 unspecified atom stereocenters. The van der Waals surface area contributed by atoms with Crippen LogP contribution in [0.5, 0.6) is 0 Å². The molecule has 1 N–H and O–H groups in total. The van der Waals surface area contributed by atoms with Gasteiger partial charge < -0.3 is 14.4 Å². The highest BCUT2D eigenvalue weighted by atomic mass is 16.7. The zero-order valence-electron chi connectivity index (χ0n) is 17.9. The van der Waals surface area contributed by atoms with Crippen LogP contribution < -0.4 is 0 Å². The van der Waals surface area contributed by atoms with Crippen LogP contribution in [0.2, 0.25) is 0 Å². The molecule has 2 aromatic heterocycles. The Morgan fingerprint density at radius 1 is 1.26 bits per heavy atom. The Kier molecular flexibility index (Phi) is 5.99. The second-order valence-corrected chi connectivity index (χ2v) is 8.40. The first-order valence-electron chi connectivity index (χ1n) is 10.4. The highest BCUT2D eigenvalue weighted by Crippen LogP contribution is 2.25. The van der Waals surface area contributed by atoms with Crippen molar-refractivity contribution in [2.45, 2.75) is 39.8 Å². The zero-order valence-corrected chi connectivity index (χ0v) is 17.9. The third-order valence-corrected chi connectivity index (χ3v) is 5.30. The van der Waals surface area contributed by atoms with Gasteiger partial charge in [-0.15, -0.1) is 0 Å². The molecule has 0 radical (unpaired) electrons. The number of rotatable bonds is 7. The fraction of sp³-hybridized carbons (Fsp3) is 0.391. The monoisotopic (exact) mass is 422 g/mol. The van der Waals surface area contributed by atoms with Crippen LogP contribution in [-0.2, 0) is 17.7 Å². The molecular formula is C23H26N4O4. The molecule has 0 amide bonds. The summed E-state index contributed by atoms with van der Waals surface area (Å²) in [4.78, 5) is 21.6. The topological polar surface area (TPSA) is 102 Å². The molecule has 1 aliphatic rings. The molecule has 8 heteroatoms. The van der Waals surface area contributed by atoms with Crippen molar-refractivity contribution in [2.24, 2.45) is 5.92 Å². The summed E-state index contributed by atoms with van der Waals surface area (Å²) in [6.07, 6.45) is 1.29. The van der Waals surface area contributed by atoms with Crippen molar-refractivity contribution in [1.82, 2.24) is 20.0 Å². The van der Waals surface area contributed by atoms with Gasteiger partial charge >= 0.3 is 6.16 Å². The molecular weight excluding hydrogens is 396 g/mol. The van der Waals surface area contributed by atoms with Gasteiger partial charge in [0, 0.05) is 37.0 Å². The zero-order chi connectivity index (χ0) is 22.0. The Balaban J connectivity index is 1.39. The maximum Gasteiger partial charge on any atom is 0.506 e. The molecule has 31 heavy (non-hydrogen) atoms. The minimum Gasteiger partial charge on any atom is -0.450 e. The van der Waals surface area contributed by atoms with Crippen molar-refractivity contribution in [1.29, 1.82) is 0 Å². The van der Waals surface area contributed by atoms with Crippen LogP contribution in [0.4, 0.5) is 4.79 Å². The van der Waals surface area contributed by atoms with Crippen LogP contribution in [-0.4, -0.2) is 50.5 Å². The molecule has 0 spiro atoms. The van der Waals surface area contributed by atoms with E-state index in [1.54, 1.807) is 6.20 Å². The molecule has 1 saturated heterocycles. The fourth-order valence-corrected chi connectivity index (χ4v) is 3.70. The van der Waals surface area contributed by atoms with Gasteiger partial charge in [-0.25, -0.2) is 4.79 Å². The molecule has 0 atom stereocenters. The summed E-state index contributed by atoms with van der Waals surface area (Å²) < 4.78 is 10.2. The van der Waals surface area contributed by atoms with Gasteiger partial charge in [-0.1, -0.05) is 25.1 Å². The first-order chi connectivity index (χ1) is 14.9. The third-order valence-electron chi connectivity index (χ3n) is 5.30. The maximum atomic E-state index is 10.5. The Labute approximate surface area is 180 Å². The lowest BCUT2D eigenvalue weighted by molar-refractivity contribution is -0.0367. The maximum absolute atomic E-state index is 10.5. The lowest BCUT2D eigenvalue weighted by Crippen LogP contribution is -2.52. The van der Waals surface area contributed by atoms with E-state index in [0.717, 1.165) is 23.2 Å². The van der Waals surface area contributed by atoms with Crippen molar-refractivity contribution < 1.29 is 19.2 Å². The van der Waals surface area contributed by atoms with Crippen LogP contribution in [0.3, 0.4) is 0 Å². The van der Waals surface area contributed by atoms with E-state index in [1.807, 2.05) is 18.2 Å². The summed E-state index contributed by atoms with van der Waals surface area (Å²) in [7, 11) is 0. The number of carbonyl (C=O) groups is 1. The number of benzene rings is 1. The SMILES string of the molecule is Cc1cc(-c2nc(-c3ccc(CN4CC(OC(=O)O)C4)nc3)no2)ccc1CC(C)C. The number of likely N-dealkylation sites (tertiary alicyclic amines) is 1. The predicted octanol–water partition coefficient (Wildman–Crippen LogP) is 4.18. The number of hydrogen-bond acceptors (Lipinski definition) is 7. The lowest BCUT2D eigenvalue weighted by atomic mass is 9.97. The number of carboxylic acid groups (broad SMARTS) is 1. The molecule has 162 valence electrons. The van der Waals surface area contributed by atoms with Crippen molar-refractivity contribution in [2.75, 3.05) is 13.1 Å². The summed E-state index contributed by atoms with van der Waals surface area (Å²) in [5, 5.41) is 12.7. The Bertz CT molecular complexity index is 1060. The smallest absolute Gasteiger partial charge is 0.450 e. The summed E-state index contributed by atoms with van der Waals surface area (Å²) in [6.45, 7) is 8.34. The van der Waals surface area contributed by atoms with Gasteiger partial charge in [0.25, 0.3) is 5.89 Å². The van der Waals surface area contributed by atoms with E-state index < -0.39 is 6.16 Å². The van der Waals surface area contributed by atoms with Crippen molar-refractivity contribution >= 4 is 6.16 Å². The van der Waals surface area contributed by atoms with E-state index in [4.69, 9.17) is 14.4 Å². The molecule has 4 rings (SSSR count).